The van der Waals surface area contributed by atoms with Crippen LogP contribution in [0.15, 0.2) is 85.1 Å². The molecule has 0 spiro atoms. The van der Waals surface area contributed by atoms with Crippen molar-refractivity contribution in [1.29, 1.82) is 0 Å². The number of carboxylic acids is 1. The van der Waals surface area contributed by atoms with E-state index < -0.39 is 5.97 Å². The van der Waals surface area contributed by atoms with Crippen LogP contribution in [0.4, 0.5) is 14.9 Å². The quantitative estimate of drug-likeness (QED) is 0.287. The van der Waals surface area contributed by atoms with Crippen LogP contribution in [0.3, 0.4) is 0 Å². The van der Waals surface area contributed by atoms with Gasteiger partial charge in [-0.3, -0.25) is 9.78 Å². The predicted octanol–water partition coefficient (Wildman–Crippen LogP) is 6.76. The molecule has 0 atom stereocenters. The number of carboxylic acid groups (broad SMARTS) is 1. The highest BCUT2D eigenvalue weighted by atomic mass is 19.1. The first-order valence-corrected chi connectivity index (χ1v) is 12.9. The molecule has 194 valence electrons. The molecule has 1 heterocycles. The number of aromatic nitrogens is 1. The molecule has 2 amide bonds. The van der Waals surface area contributed by atoms with Gasteiger partial charge in [-0.15, -0.1) is 0 Å². The summed E-state index contributed by atoms with van der Waals surface area (Å²) in [4.78, 5) is 30.8. The van der Waals surface area contributed by atoms with Crippen molar-refractivity contribution in [2.45, 2.75) is 50.6 Å². The molecule has 2 N–H and O–H groups in total. The number of nitrogens with zero attached hydrogens (tertiary/aromatic N) is 2. The molecule has 1 aliphatic rings. The first-order chi connectivity index (χ1) is 18.5. The van der Waals surface area contributed by atoms with E-state index in [0.717, 1.165) is 59.0 Å². The maximum Gasteiger partial charge on any atom is 0.322 e. The molecular formula is C31H30FN3O3. The number of aliphatic carboxylic acids is 1. The normalized spacial score (nSPS) is 17.2. The lowest BCUT2D eigenvalue weighted by atomic mass is 9.80. The van der Waals surface area contributed by atoms with E-state index in [1.807, 2.05) is 53.4 Å². The van der Waals surface area contributed by atoms with Gasteiger partial charge < -0.3 is 15.3 Å². The van der Waals surface area contributed by atoms with Crippen LogP contribution in [0.1, 0.15) is 48.3 Å². The van der Waals surface area contributed by atoms with Crippen LogP contribution >= 0.6 is 0 Å². The molecule has 1 fully saturated rings. The van der Waals surface area contributed by atoms with Crippen molar-refractivity contribution in [3.8, 4) is 0 Å². The van der Waals surface area contributed by atoms with Crippen molar-refractivity contribution >= 4 is 28.6 Å². The molecule has 0 saturated heterocycles. The van der Waals surface area contributed by atoms with E-state index in [1.165, 1.54) is 6.07 Å². The number of para-hydroxylation sites is 1. The monoisotopic (exact) mass is 511 g/mol. The standard InChI is InChI=1S/C31H30FN3O3/c32-24-12-15-29-28(19-24)27(16-17-33-29)23-10-13-26(14-11-23)35(31(38)34-25-4-2-1-3-5-25)20-22-8-6-21(7-9-22)18-30(36)37/h1-9,12,15-17,19,23,26H,10-11,13-14,18,20H2,(H,34,38)(H,36,37). The minimum atomic E-state index is -0.872. The van der Waals surface area contributed by atoms with Crippen molar-refractivity contribution in [3.05, 3.63) is 108 Å². The lowest BCUT2D eigenvalue weighted by molar-refractivity contribution is -0.136. The average molecular weight is 512 g/mol. The van der Waals surface area contributed by atoms with Crippen LogP contribution in [-0.2, 0) is 17.8 Å². The van der Waals surface area contributed by atoms with Gasteiger partial charge in [0.05, 0.1) is 11.9 Å². The number of amides is 2. The number of benzene rings is 3. The summed E-state index contributed by atoms with van der Waals surface area (Å²) in [6.07, 6.45) is 5.16. The lowest BCUT2D eigenvalue weighted by Gasteiger charge is -2.37. The minimum Gasteiger partial charge on any atom is -0.481 e. The molecule has 6 nitrogen and oxygen atoms in total. The molecule has 7 heteroatoms. The summed E-state index contributed by atoms with van der Waals surface area (Å²) in [7, 11) is 0. The van der Waals surface area contributed by atoms with Gasteiger partial charge in [-0.1, -0.05) is 42.5 Å². The fourth-order valence-electron chi connectivity index (χ4n) is 5.41. The highest BCUT2D eigenvalue weighted by Gasteiger charge is 2.30. The van der Waals surface area contributed by atoms with Gasteiger partial charge in [0.25, 0.3) is 0 Å². The summed E-state index contributed by atoms with van der Waals surface area (Å²) in [5, 5.41) is 12.9. The number of carbonyl (C=O) groups is 2. The Hall–Kier alpha value is -4.26. The SMILES string of the molecule is O=C(O)Cc1ccc(CN(C(=O)Nc2ccccc2)C2CCC(c3ccnc4ccc(F)cc34)CC2)cc1. The number of carbonyl (C=O) groups excluding carboxylic acids is 1. The summed E-state index contributed by atoms with van der Waals surface area (Å²) >= 11 is 0. The molecule has 1 aromatic heterocycles. The van der Waals surface area contributed by atoms with E-state index >= 15 is 0 Å². The summed E-state index contributed by atoms with van der Waals surface area (Å²) in [5.41, 5.74) is 4.31. The van der Waals surface area contributed by atoms with Crippen LogP contribution in [0.2, 0.25) is 0 Å². The number of hydrogen-bond donors (Lipinski definition) is 2. The van der Waals surface area contributed by atoms with Gasteiger partial charge in [-0.2, -0.15) is 0 Å². The third kappa shape index (κ3) is 5.99. The Morgan fingerprint density at radius 3 is 2.34 bits per heavy atom. The van der Waals surface area contributed by atoms with Gasteiger partial charge in [-0.25, -0.2) is 9.18 Å². The summed E-state index contributed by atoms with van der Waals surface area (Å²) in [6.45, 7) is 0.421. The molecule has 0 radical (unpaired) electrons. The zero-order valence-electron chi connectivity index (χ0n) is 21.0. The minimum absolute atomic E-state index is 0.0317. The zero-order valence-corrected chi connectivity index (χ0v) is 21.0. The smallest absolute Gasteiger partial charge is 0.322 e. The van der Waals surface area contributed by atoms with Crippen molar-refractivity contribution in [2.75, 3.05) is 5.32 Å². The third-order valence-electron chi connectivity index (χ3n) is 7.33. The van der Waals surface area contributed by atoms with Gasteiger partial charge in [-0.05, 0) is 84.7 Å². The van der Waals surface area contributed by atoms with Crippen LogP contribution in [0, 0.1) is 5.82 Å². The molecule has 38 heavy (non-hydrogen) atoms. The van der Waals surface area contributed by atoms with E-state index in [2.05, 4.69) is 10.3 Å². The van der Waals surface area contributed by atoms with Crippen LogP contribution in [0.25, 0.3) is 10.9 Å². The first kappa shape index (κ1) is 25.4. The lowest BCUT2D eigenvalue weighted by Crippen LogP contribution is -2.44. The van der Waals surface area contributed by atoms with Crippen molar-refractivity contribution < 1.29 is 19.1 Å². The highest BCUT2D eigenvalue weighted by Crippen LogP contribution is 2.38. The number of rotatable bonds is 7. The number of hydrogen-bond acceptors (Lipinski definition) is 3. The van der Waals surface area contributed by atoms with Crippen molar-refractivity contribution in [2.24, 2.45) is 0 Å². The molecule has 4 aromatic rings. The second kappa shape index (κ2) is 11.4. The third-order valence-corrected chi connectivity index (χ3v) is 7.33. The van der Waals surface area contributed by atoms with E-state index in [4.69, 9.17) is 5.11 Å². The van der Waals surface area contributed by atoms with Crippen molar-refractivity contribution in [1.82, 2.24) is 9.88 Å². The molecular weight excluding hydrogens is 481 g/mol. The molecule has 1 saturated carbocycles. The molecule has 5 rings (SSSR count). The number of nitrogens with one attached hydrogen (secondary N) is 1. The number of fused-ring (bicyclic) bond motifs is 1. The zero-order chi connectivity index (χ0) is 26.5. The number of pyridine rings is 1. The van der Waals surface area contributed by atoms with Crippen LogP contribution < -0.4 is 5.32 Å². The highest BCUT2D eigenvalue weighted by molar-refractivity contribution is 5.89. The fraction of sp³-hybridized carbons (Fsp3) is 0.258. The number of urea groups is 1. The Balaban J connectivity index is 1.34. The predicted molar refractivity (Wildman–Crippen MR) is 145 cm³/mol. The van der Waals surface area contributed by atoms with Crippen LogP contribution in [-0.4, -0.2) is 33.0 Å². The second-order valence-electron chi connectivity index (χ2n) is 9.88. The van der Waals surface area contributed by atoms with E-state index in [-0.39, 0.29) is 30.2 Å². The molecule has 3 aromatic carbocycles. The Morgan fingerprint density at radius 1 is 0.921 bits per heavy atom. The summed E-state index contributed by atoms with van der Waals surface area (Å²) in [6, 6.07) is 23.4. The summed E-state index contributed by atoms with van der Waals surface area (Å²) < 4.78 is 14.0. The summed E-state index contributed by atoms with van der Waals surface area (Å²) in [5.74, 6) is -0.866. The van der Waals surface area contributed by atoms with E-state index in [0.29, 0.717) is 6.54 Å². The fourth-order valence-corrected chi connectivity index (χ4v) is 5.41. The Kier molecular flexibility index (Phi) is 7.63. The van der Waals surface area contributed by atoms with Gasteiger partial charge in [0.1, 0.15) is 5.82 Å². The molecule has 0 bridgehead atoms. The van der Waals surface area contributed by atoms with Crippen molar-refractivity contribution in [3.63, 3.8) is 0 Å². The van der Waals surface area contributed by atoms with Gasteiger partial charge in [0, 0.05) is 29.9 Å². The van der Waals surface area contributed by atoms with E-state index in [1.54, 1.807) is 30.5 Å². The first-order valence-electron chi connectivity index (χ1n) is 12.9. The molecule has 1 aliphatic carbocycles. The topological polar surface area (TPSA) is 82.5 Å². The Morgan fingerprint density at radius 2 is 1.63 bits per heavy atom. The number of anilines is 1. The molecule has 0 unspecified atom stereocenters. The second-order valence-corrected chi connectivity index (χ2v) is 9.88. The van der Waals surface area contributed by atoms with Crippen LogP contribution in [0.5, 0.6) is 0 Å². The largest absolute Gasteiger partial charge is 0.481 e. The van der Waals surface area contributed by atoms with Gasteiger partial charge >= 0.3 is 12.0 Å². The number of halogens is 1. The maximum atomic E-state index is 14.0. The van der Waals surface area contributed by atoms with E-state index in [9.17, 15) is 14.0 Å². The van der Waals surface area contributed by atoms with Gasteiger partial charge in [0.15, 0.2) is 0 Å². The Bertz CT molecular complexity index is 1420. The molecule has 0 aliphatic heterocycles. The average Bonchev–Trinajstić information content (AvgIpc) is 2.92. The Labute approximate surface area is 221 Å². The maximum absolute atomic E-state index is 14.0. The van der Waals surface area contributed by atoms with Gasteiger partial charge in [0.2, 0.25) is 0 Å².